The second kappa shape index (κ2) is 5.73. The average Bonchev–Trinajstić information content (AvgIpc) is 2.42. The lowest BCUT2D eigenvalue weighted by Crippen LogP contribution is -2.31. The van der Waals surface area contributed by atoms with Crippen molar-refractivity contribution in [3.05, 3.63) is 42.0 Å². The normalized spacial score (nSPS) is 11.5. The Kier molecular flexibility index (Phi) is 4.18. The van der Waals surface area contributed by atoms with E-state index in [9.17, 15) is 13.2 Å². The van der Waals surface area contributed by atoms with Gasteiger partial charge in [0.25, 0.3) is 5.91 Å². The number of benzene rings is 2. The van der Waals surface area contributed by atoms with Gasteiger partial charge in [0.2, 0.25) is 0 Å². The van der Waals surface area contributed by atoms with Crippen molar-refractivity contribution in [1.82, 2.24) is 4.90 Å². The second-order valence-electron chi connectivity index (χ2n) is 5.14. The summed E-state index contributed by atoms with van der Waals surface area (Å²) in [5.41, 5.74) is 6.73. The Morgan fingerprint density at radius 2 is 1.76 bits per heavy atom. The lowest BCUT2D eigenvalue weighted by molar-refractivity contribution is 0.0804. The maximum atomic E-state index is 12.4. The summed E-state index contributed by atoms with van der Waals surface area (Å²) in [5.74, 6) is -0.343. The van der Waals surface area contributed by atoms with Gasteiger partial charge in [0.15, 0.2) is 0 Å². The molecule has 2 aromatic carbocycles. The molecule has 6 heteroatoms. The number of carbonyl (C=O) groups excluding carboxylic acids is 1. The first-order valence-electron chi connectivity index (χ1n) is 6.49. The molecule has 112 valence electrons. The summed E-state index contributed by atoms with van der Waals surface area (Å²) in [6.45, 7) is 0.143. The van der Waals surface area contributed by atoms with Crippen LogP contribution in [0.3, 0.4) is 0 Å². The van der Waals surface area contributed by atoms with Gasteiger partial charge in [0, 0.05) is 25.5 Å². The van der Waals surface area contributed by atoms with Crippen LogP contribution in [-0.4, -0.2) is 44.8 Å². The summed E-state index contributed by atoms with van der Waals surface area (Å²) < 4.78 is 22.3. The number of amides is 1. The monoisotopic (exact) mass is 306 g/mol. The van der Waals surface area contributed by atoms with E-state index in [4.69, 9.17) is 5.73 Å². The molecular weight excluding hydrogens is 288 g/mol. The molecule has 5 nitrogen and oxygen atoms in total. The lowest BCUT2D eigenvalue weighted by atomic mass is 10.0. The number of anilines is 1. The van der Waals surface area contributed by atoms with E-state index in [1.807, 2.05) is 24.3 Å². The van der Waals surface area contributed by atoms with E-state index in [1.54, 1.807) is 19.2 Å². The van der Waals surface area contributed by atoms with Crippen LogP contribution in [0.25, 0.3) is 10.8 Å². The molecular formula is C15H18N2O3S. The van der Waals surface area contributed by atoms with Crippen molar-refractivity contribution >= 4 is 32.2 Å². The third kappa shape index (κ3) is 3.72. The van der Waals surface area contributed by atoms with Gasteiger partial charge in [-0.3, -0.25) is 4.79 Å². The number of nitrogens with two attached hydrogens (primary N) is 1. The zero-order chi connectivity index (χ0) is 15.6. The topological polar surface area (TPSA) is 80.5 Å². The molecule has 0 bridgehead atoms. The lowest BCUT2D eigenvalue weighted by Gasteiger charge is -2.18. The molecule has 0 aromatic heterocycles. The summed E-state index contributed by atoms with van der Waals surface area (Å²) >= 11 is 0. The molecule has 0 aliphatic heterocycles. The van der Waals surface area contributed by atoms with Crippen molar-refractivity contribution in [2.45, 2.75) is 0 Å². The molecule has 2 N–H and O–H groups in total. The standard InChI is InChI=1S/C15H18N2O3S/c1-17(7-8-21(2,19)20)15(18)13-9-11-5-3-4-6-12(11)10-14(13)16/h3-6,9-10H,7-8,16H2,1-2H3. The van der Waals surface area contributed by atoms with Crippen LogP contribution in [0.4, 0.5) is 5.69 Å². The van der Waals surface area contributed by atoms with Gasteiger partial charge in [0.1, 0.15) is 9.84 Å². The molecule has 21 heavy (non-hydrogen) atoms. The average molecular weight is 306 g/mol. The quantitative estimate of drug-likeness (QED) is 0.869. The van der Waals surface area contributed by atoms with Crippen molar-refractivity contribution in [2.75, 3.05) is 31.3 Å². The van der Waals surface area contributed by atoms with Crippen molar-refractivity contribution in [3.8, 4) is 0 Å². The molecule has 0 aliphatic carbocycles. The Morgan fingerprint density at radius 1 is 1.19 bits per heavy atom. The summed E-state index contributed by atoms with van der Waals surface area (Å²) in [6, 6.07) is 11.1. The highest BCUT2D eigenvalue weighted by Gasteiger charge is 2.16. The van der Waals surface area contributed by atoms with E-state index < -0.39 is 9.84 Å². The maximum absolute atomic E-state index is 12.4. The van der Waals surface area contributed by atoms with Gasteiger partial charge < -0.3 is 10.6 Å². The molecule has 0 atom stereocenters. The number of rotatable bonds is 4. The van der Waals surface area contributed by atoms with Crippen LogP contribution < -0.4 is 5.73 Å². The van der Waals surface area contributed by atoms with E-state index in [1.165, 1.54) is 4.90 Å². The molecule has 2 rings (SSSR count). The molecule has 0 unspecified atom stereocenters. The molecule has 0 spiro atoms. The second-order valence-corrected chi connectivity index (χ2v) is 7.40. The Hall–Kier alpha value is -2.08. The summed E-state index contributed by atoms with van der Waals surface area (Å²) in [4.78, 5) is 13.8. The maximum Gasteiger partial charge on any atom is 0.255 e. The van der Waals surface area contributed by atoms with Crippen LogP contribution in [0.5, 0.6) is 0 Å². The Balaban J connectivity index is 2.28. The van der Waals surface area contributed by atoms with E-state index in [0.717, 1.165) is 17.0 Å². The fourth-order valence-electron chi connectivity index (χ4n) is 2.05. The van der Waals surface area contributed by atoms with Crippen molar-refractivity contribution in [3.63, 3.8) is 0 Å². The number of sulfone groups is 1. The van der Waals surface area contributed by atoms with Gasteiger partial charge in [-0.05, 0) is 22.9 Å². The molecule has 0 saturated heterocycles. The largest absolute Gasteiger partial charge is 0.398 e. The molecule has 0 saturated carbocycles. The Morgan fingerprint density at radius 3 is 2.33 bits per heavy atom. The number of fused-ring (bicyclic) bond motifs is 1. The van der Waals surface area contributed by atoms with Gasteiger partial charge in [-0.25, -0.2) is 8.42 Å². The van der Waals surface area contributed by atoms with Crippen molar-refractivity contribution in [2.24, 2.45) is 0 Å². The minimum absolute atomic E-state index is 0.0667. The number of nitrogen functional groups attached to an aromatic ring is 1. The van der Waals surface area contributed by atoms with E-state index in [0.29, 0.717) is 11.3 Å². The first-order valence-corrected chi connectivity index (χ1v) is 8.55. The van der Waals surface area contributed by atoms with E-state index >= 15 is 0 Å². The predicted octanol–water partition coefficient (Wildman–Crippen LogP) is 1.54. The molecule has 0 heterocycles. The summed E-state index contributed by atoms with van der Waals surface area (Å²) in [7, 11) is -1.53. The van der Waals surface area contributed by atoms with Crippen LogP contribution in [0.1, 0.15) is 10.4 Å². The third-order valence-electron chi connectivity index (χ3n) is 3.29. The third-order valence-corrected chi connectivity index (χ3v) is 4.22. The fraction of sp³-hybridized carbons (Fsp3) is 0.267. The molecule has 0 aliphatic rings. The van der Waals surface area contributed by atoms with Crippen LogP contribution in [0.2, 0.25) is 0 Å². The molecule has 1 amide bonds. The van der Waals surface area contributed by atoms with E-state index in [-0.39, 0.29) is 18.2 Å². The minimum Gasteiger partial charge on any atom is -0.398 e. The highest BCUT2D eigenvalue weighted by Crippen LogP contribution is 2.22. The zero-order valence-corrected chi connectivity index (χ0v) is 12.9. The van der Waals surface area contributed by atoms with Gasteiger partial charge >= 0.3 is 0 Å². The number of nitrogens with zero attached hydrogens (tertiary/aromatic N) is 1. The molecule has 2 aromatic rings. The summed E-state index contributed by atoms with van der Waals surface area (Å²) in [5, 5.41) is 1.89. The molecule has 0 fully saturated rings. The number of hydrogen-bond donors (Lipinski definition) is 1. The van der Waals surface area contributed by atoms with Crippen LogP contribution >= 0.6 is 0 Å². The van der Waals surface area contributed by atoms with Gasteiger partial charge in [0.05, 0.1) is 11.3 Å². The first kappa shape index (κ1) is 15.3. The van der Waals surface area contributed by atoms with Crippen molar-refractivity contribution < 1.29 is 13.2 Å². The van der Waals surface area contributed by atoms with Crippen LogP contribution in [-0.2, 0) is 9.84 Å². The Bertz CT molecular complexity index is 785. The zero-order valence-electron chi connectivity index (χ0n) is 12.0. The minimum atomic E-state index is -3.10. The van der Waals surface area contributed by atoms with Crippen LogP contribution in [0.15, 0.2) is 36.4 Å². The fourth-order valence-corrected chi connectivity index (χ4v) is 2.66. The SMILES string of the molecule is CN(CCS(C)(=O)=O)C(=O)c1cc2ccccc2cc1N. The summed E-state index contributed by atoms with van der Waals surface area (Å²) in [6.07, 6.45) is 1.15. The van der Waals surface area contributed by atoms with Gasteiger partial charge in [-0.15, -0.1) is 0 Å². The Labute approximate surface area is 124 Å². The molecule has 0 radical (unpaired) electrons. The van der Waals surface area contributed by atoms with Gasteiger partial charge in [-0.2, -0.15) is 0 Å². The number of carbonyl (C=O) groups is 1. The number of hydrogen-bond acceptors (Lipinski definition) is 4. The van der Waals surface area contributed by atoms with E-state index in [2.05, 4.69) is 0 Å². The van der Waals surface area contributed by atoms with Crippen LogP contribution in [0, 0.1) is 0 Å². The van der Waals surface area contributed by atoms with Crippen molar-refractivity contribution in [1.29, 1.82) is 0 Å². The highest BCUT2D eigenvalue weighted by molar-refractivity contribution is 7.90. The first-order chi connectivity index (χ1) is 9.78. The predicted molar refractivity (Wildman–Crippen MR) is 85.0 cm³/mol. The smallest absolute Gasteiger partial charge is 0.255 e. The van der Waals surface area contributed by atoms with Gasteiger partial charge in [-0.1, -0.05) is 24.3 Å². The highest BCUT2D eigenvalue weighted by atomic mass is 32.2.